The molecule has 6 heteroatoms. The van der Waals surface area contributed by atoms with Crippen LogP contribution in [0.2, 0.25) is 0 Å². The summed E-state index contributed by atoms with van der Waals surface area (Å²) < 4.78 is 4.45. The molecule has 2 rings (SSSR count). The maximum atomic E-state index is 9.23. The number of anilines is 1. The summed E-state index contributed by atoms with van der Waals surface area (Å²) in [7, 11) is 0. The first-order valence-corrected chi connectivity index (χ1v) is 7.71. The van der Waals surface area contributed by atoms with E-state index in [-0.39, 0.29) is 12.0 Å². The summed E-state index contributed by atoms with van der Waals surface area (Å²) >= 11 is 1.43. The molecule has 0 bridgehead atoms. The average molecular weight is 284 g/mol. The van der Waals surface area contributed by atoms with Crippen LogP contribution in [0.5, 0.6) is 0 Å². The first-order valence-electron chi connectivity index (χ1n) is 6.94. The van der Waals surface area contributed by atoms with Crippen LogP contribution in [0, 0.1) is 0 Å². The van der Waals surface area contributed by atoms with Crippen molar-refractivity contribution in [1.82, 2.24) is 14.7 Å². The molecule has 19 heavy (non-hydrogen) atoms. The lowest BCUT2D eigenvalue weighted by Gasteiger charge is -2.24. The van der Waals surface area contributed by atoms with E-state index < -0.39 is 0 Å². The van der Waals surface area contributed by atoms with Crippen molar-refractivity contribution < 1.29 is 5.11 Å². The molecule has 0 aromatic carbocycles. The Morgan fingerprint density at radius 3 is 2.79 bits per heavy atom. The van der Waals surface area contributed by atoms with E-state index in [1.54, 1.807) is 0 Å². The van der Waals surface area contributed by atoms with Crippen molar-refractivity contribution in [2.75, 3.05) is 31.1 Å². The van der Waals surface area contributed by atoms with Gasteiger partial charge < -0.3 is 15.3 Å². The lowest BCUT2D eigenvalue weighted by Crippen LogP contribution is -2.39. The van der Waals surface area contributed by atoms with Crippen molar-refractivity contribution in [1.29, 1.82) is 0 Å². The summed E-state index contributed by atoms with van der Waals surface area (Å²) in [5.41, 5.74) is -0.0226. The molecule has 0 spiro atoms. The minimum atomic E-state index is -0.0226. The number of hydrogen-bond acceptors (Lipinski definition) is 6. The Hall–Kier alpha value is -0.720. The fourth-order valence-electron chi connectivity index (χ4n) is 2.21. The van der Waals surface area contributed by atoms with Crippen LogP contribution in [0.4, 0.5) is 5.13 Å². The lowest BCUT2D eigenvalue weighted by molar-refractivity contribution is 0.300. The van der Waals surface area contributed by atoms with Crippen molar-refractivity contribution >= 4 is 16.7 Å². The Bertz CT molecular complexity index is 396. The predicted molar refractivity (Wildman–Crippen MR) is 78.9 cm³/mol. The van der Waals surface area contributed by atoms with Crippen LogP contribution in [0.1, 0.15) is 39.4 Å². The highest BCUT2D eigenvalue weighted by atomic mass is 32.1. The van der Waals surface area contributed by atoms with E-state index in [9.17, 15) is 5.11 Å². The smallest absolute Gasteiger partial charge is 0.205 e. The van der Waals surface area contributed by atoms with Gasteiger partial charge in [-0.1, -0.05) is 20.8 Å². The number of aliphatic hydroxyl groups is 1. The molecule has 1 aliphatic rings. The monoisotopic (exact) mass is 284 g/mol. The van der Waals surface area contributed by atoms with Crippen molar-refractivity contribution in [3.05, 3.63) is 5.82 Å². The minimum Gasteiger partial charge on any atom is -0.395 e. The second-order valence-electron chi connectivity index (χ2n) is 6.11. The van der Waals surface area contributed by atoms with Gasteiger partial charge in [-0.15, -0.1) is 0 Å². The molecule has 1 aromatic rings. The number of nitrogens with one attached hydrogen (secondary N) is 1. The lowest BCUT2D eigenvalue weighted by atomic mass is 9.96. The van der Waals surface area contributed by atoms with Gasteiger partial charge in [-0.25, -0.2) is 4.98 Å². The highest BCUT2D eigenvalue weighted by Crippen LogP contribution is 2.25. The van der Waals surface area contributed by atoms with Gasteiger partial charge in [0.15, 0.2) is 0 Å². The molecule has 1 fully saturated rings. The zero-order chi connectivity index (χ0) is 13.9. The molecule has 1 aromatic heterocycles. The molecule has 2 heterocycles. The maximum absolute atomic E-state index is 9.23. The summed E-state index contributed by atoms with van der Waals surface area (Å²) in [6.45, 7) is 9.13. The largest absolute Gasteiger partial charge is 0.395 e. The molecule has 0 radical (unpaired) electrons. The molecule has 1 atom stereocenters. The fraction of sp³-hybridized carbons (Fsp3) is 0.846. The zero-order valence-electron chi connectivity index (χ0n) is 12.0. The van der Waals surface area contributed by atoms with Gasteiger partial charge in [0, 0.05) is 36.1 Å². The standard InChI is InChI=1S/C13H24N4OS/c1-13(2,3)11-15-12(19-16-11)17(7-8-18)9-10-5-4-6-14-10/h10,14,18H,4-9H2,1-3H3. The summed E-state index contributed by atoms with van der Waals surface area (Å²) in [4.78, 5) is 6.79. The van der Waals surface area contributed by atoms with E-state index in [0.29, 0.717) is 12.6 Å². The highest BCUT2D eigenvalue weighted by molar-refractivity contribution is 7.09. The van der Waals surface area contributed by atoms with E-state index in [1.807, 2.05) is 0 Å². The molecule has 108 valence electrons. The average Bonchev–Trinajstić information content (AvgIpc) is 2.98. The Kier molecular flexibility index (Phi) is 4.76. The SMILES string of the molecule is CC(C)(C)c1nsc(N(CCO)CC2CCCN2)n1. The van der Waals surface area contributed by atoms with Crippen LogP contribution < -0.4 is 10.2 Å². The maximum Gasteiger partial charge on any atom is 0.205 e. The molecule has 1 saturated heterocycles. The number of aromatic nitrogens is 2. The van der Waals surface area contributed by atoms with E-state index in [4.69, 9.17) is 0 Å². The van der Waals surface area contributed by atoms with Gasteiger partial charge >= 0.3 is 0 Å². The normalized spacial score (nSPS) is 19.9. The Morgan fingerprint density at radius 1 is 1.47 bits per heavy atom. The van der Waals surface area contributed by atoms with E-state index >= 15 is 0 Å². The van der Waals surface area contributed by atoms with Gasteiger partial charge in [0.1, 0.15) is 5.82 Å². The minimum absolute atomic E-state index is 0.0226. The third-order valence-electron chi connectivity index (χ3n) is 3.33. The Labute approximate surface area is 119 Å². The van der Waals surface area contributed by atoms with Crippen molar-refractivity contribution in [3.8, 4) is 0 Å². The third kappa shape index (κ3) is 3.87. The number of hydrogen-bond donors (Lipinski definition) is 2. The van der Waals surface area contributed by atoms with Crippen LogP contribution in [-0.4, -0.2) is 46.7 Å². The topological polar surface area (TPSA) is 61.3 Å². The van der Waals surface area contributed by atoms with E-state index in [1.165, 1.54) is 24.4 Å². The molecule has 1 aliphatic heterocycles. The molecule has 1 unspecified atom stereocenters. The van der Waals surface area contributed by atoms with Gasteiger partial charge in [0.05, 0.1) is 6.61 Å². The number of nitrogens with zero attached hydrogens (tertiary/aromatic N) is 3. The second-order valence-corrected chi connectivity index (χ2v) is 6.84. The fourth-order valence-corrected chi connectivity index (χ4v) is 3.10. The van der Waals surface area contributed by atoms with E-state index in [2.05, 4.69) is 40.3 Å². The van der Waals surface area contributed by atoms with Crippen LogP contribution in [0.25, 0.3) is 0 Å². The van der Waals surface area contributed by atoms with Gasteiger partial charge in [0.2, 0.25) is 5.13 Å². The molecule has 0 aliphatic carbocycles. The second kappa shape index (κ2) is 6.15. The van der Waals surface area contributed by atoms with Gasteiger partial charge in [-0.2, -0.15) is 4.37 Å². The first-order chi connectivity index (χ1) is 9.00. The molecule has 2 N–H and O–H groups in total. The predicted octanol–water partition coefficient (Wildman–Crippen LogP) is 1.39. The molecule has 5 nitrogen and oxygen atoms in total. The number of rotatable bonds is 5. The van der Waals surface area contributed by atoms with Crippen molar-refractivity contribution in [2.45, 2.75) is 45.1 Å². The van der Waals surface area contributed by atoms with Crippen LogP contribution in [0.15, 0.2) is 0 Å². The third-order valence-corrected chi connectivity index (χ3v) is 4.11. The summed E-state index contributed by atoms with van der Waals surface area (Å²) in [5, 5.41) is 13.6. The van der Waals surface area contributed by atoms with Crippen molar-refractivity contribution in [2.24, 2.45) is 0 Å². The quantitative estimate of drug-likeness (QED) is 0.855. The molecule has 0 amide bonds. The van der Waals surface area contributed by atoms with Gasteiger partial charge in [-0.3, -0.25) is 0 Å². The first kappa shape index (κ1) is 14.7. The summed E-state index contributed by atoms with van der Waals surface area (Å²) in [6, 6.07) is 0.508. The van der Waals surface area contributed by atoms with Crippen molar-refractivity contribution in [3.63, 3.8) is 0 Å². The molecule has 0 saturated carbocycles. The van der Waals surface area contributed by atoms with Gasteiger partial charge in [0.25, 0.3) is 0 Å². The highest BCUT2D eigenvalue weighted by Gasteiger charge is 2.24. The zero-order valence-corrected chi connectivity index (χ0v) is 12.8. The Balaban J connectivity index is 2.07. The molecular formula is C13H24N4OS. The summed E-state index contributed by atoms with van der Waals surface area (Å²) in [6.07, 6.45) is 2.44. The summed E-state index contributed by atoms with van der Waals surface area (Å²) in [5.74, 6) is 0.884. The van der Waals surface area contributed by atoms with Gasteiger partial charge in [-0.05, 0) is 19.4 Å². The van der Waals surface area contributed by atoms with Crippen LogP contribution in [-0.2, 0) is 5.41 Å². The van der Waals surface area contributed by atoms with Crippen LogP contribution >= 0.6 is 11.5 Å². The number of aliphatic hydroxyl groups excluding tert-OH is 1. The van der Waals surface area contributed by atoms with Crippen LogP contribution in [0.3, 0.4) is 0 Å². The Morgan fingerprint density at radius 2 is 2.26 bits per heavy atom. The van der Waals surface area contributed by atoms with E-state index in [0.717, 1.165) is 24.0 Å². The molecular weight excluding hydrogens is 260 g/mol.